The van der Waals surface area contributed by atoms with Crippen molar-refractivity contribution in [3.63, 3.8) is 0 Å². The molecule has 0 saturated carbocycles. The van der Waals surface area contributed by atoms with E-state index in [4.69, 9.17) is 4.98 Å². The van der Waals surface area contributed by atoms with Crippen LogP contribution >= 0.6 is 46.7 Å². The van der Waals surface area contributed by atoms with Crippen LogP contribution in [0.3, 0.4) is 0 Å². The van der Waals surface area contributed by atoms with Crippen molar-refractivity contribution in [1.82, 2.24) is 20.5 Å². The monoisotopic (exact) mass is 533 g/mol. The number of thiazole rings is 1. The van der Waals surface area contributed by atoms with Crippen molar-refractivity contribution >= 4 is 52.6 Å². The van der Waals surface area contributed by atoms with Gasteiger partial charge in [-0.05, 0) is 37.4 Å². The fourth-order valence-electron chi connectivity index (χ4n) is 3.26. The first-order chi connectivity index (χ1) is 13.0. The summed E-state index contributed by atoms with van der Waals surface area (Å²) in [5, 5.41) is 12.4. The lowest BCUT2D eigenvalue weighted by Gasteiger charge is -2.27. The van der Waals surface area contributed by atoms with Crippen molar-refractivity contribution < 1.29 is 0 Å². The lowest BCUT2D eigenvalue weighted by Crippen LogP contribution is -2.42. The molecule has 5 nitrogen and oxygen atoms in total. The van der Waals surface area contributed by atoms with Crippen LogP contribution < -0.4 is 10.6 Å². The van der Waals surface area contributed by atoms with Gasteiger partial charge in [-0.15, -0.1) is 46.7 Å². The van der Waals surface area contributed by atoms with Gasteiger partial charge >= 0.3 is 0 Å². The SMILES string of the molecule is CN=C(NCc1csc(C(C)(C)C)n1)NCC(c1cccs1)N1CCCC1.I. The van der Waals surface area contributed by atoms with Crippen LogP contribution in [-0.4, -0.2) is 42.5 Å². The number of halogens is 1. The quantitative estimate of drug-likeness (QED) is 0.323. The van der Waals surface area contributed by atoms with Gasteiger partial charge in [0.25, 0.3) is 0 Å². The van der Waals surface area contributed by atoms with E-state index >= 15 is 0 Å². The number of hydrogen-bond acceptors (Lipinski definition) is 5. The Labute approximate surface area is 194 Å². The predicted octanol–water partition coefficient (Wildman–Crippen LogP) is 4.62. The number of aromatic nitrogens is 1. The first-order valence-electron chi connectivity index (χ1n) is 9.64. The van der Waals surface area contributed by atoms with E-state index in [9.17, 15) is 0 Å². The number of thiophene rings is 1. The summed E-state index contributed by atoms with van der Waals surface area (Å²) in [6.07, 6.45) is 2.60. The van der Waals surface area contributed by atoms with E-state index in [-0.39, 0.29) is 29.4 Å². The minimum atomic E-state index is 0. The van der Waals surface area contributed by atoms with E-state index in [1.807, 2.05) is 18.4 Å². The number of nitrogens with one attached hydrogen (secondary N) is 2. The molecule has 1 saturated heterocycles. The Morgan fingerprint density at radius 2 is 2.00 bits per heavy atom. The van der Waals surface area contributed by atoms with E-state index in [0.717, 1.165) is 18.2 Å². The van der Waals surface area contributed by atoms with E-state index in [2.05, 4.69) is 64.2 Å². The lowest BCUT2D eigenvalue weighted by molar-refractivity contribution is 0.249. The van der Waals surface area contributed by atoms with Gasteiger partial charge < -0.3 is 10.6 Å². The Balaban J connectivity index is 0.00000280. The van der Waals surface area contributed by atoms with Crippen LogP contribution in [0.25, 0.3) is 0 Å². The number of guanidine groups is 1. The molecule has 0 radical (unpaired) electrons. The van der Waals surface area contributed by atoms with Crippen molar-refractivity contribution in [2.75, 3.05) is 26.7 Å². The first-order valence-corrected chi connectivity index (χ1v) is 11.4. The molecule has 0 aliphatic carbocycles. The Morgan fingerprint density at radius 1 is 1.25 bits per heavy atom. The van der Waals surface area contributed by atoms with Crippen LogP contribution in [0.15, 0.2) is 27.9 Å². The summed E-state index contributed by atoms with van der Waals surface area (Å²) < 4.78 is 0. The van der Waals surface area contributed by atoms with Crippen LogP contribution in [0.1, 0.15) is 55.2 Å². The molecule has 1 aliphatic rings. The Bertz CT molecular complexity index is 730. The summed E-state index contributed by atoms with van der Waals surface area (Å²) in [7, 11) is 1.83. The van der Waals surface area contributed by atoms with Crippen molar-refractivity contribution in [3.05, 3.63) is 38.5 Å². The van der Waals surface area contributed by atoms with Gasteiger partial charge in [-0.25, -0.2) is 4.98 Å². The number of likely N-dealkylation sites (tertiary alicyclic amines) is 1. The number of rotatable bonds is 6. The summed E-state index contributed by atoms with van der Waals surface area (Å²) in [6.45, 7) is 10.5. The van der Waals surface area contributed by atoms with Gasteiger partial charge in [-0.3, -0.25) is 9.89 Å². The Hall–Kier alpha value is -0.710. The van der Waals surface area contributed by atoms with Crippen LogP contribution in [0, 0.1) is 0 Å². The van der Waals surface area contributed by atoms with Crippen molar-refractivity contribution in [2.45, 2.75) is 51.6 Å². The molecule has 3 heterocycles. The van der Waals surface area contributed by atoms with Crippen LogP contribution in [-0.2, 0) is 12.0 Å². The average Bonchev–Trinajstić information content (AvgIpc) is 3.40. The molecule has 156 valence electrons. The fourth-order valence-corrected chi connectivity index (χ4v) is 5.03. The summed E-state index contributed by atoms with van der Waals surface area (Å²) in [5.74, 6) is 0.834. The minimum absolute atomic E-state index is 0. The summed E-state index contributed by atoms with van der Waals surface area (Å²) in [4.78, 5) is 13.2. The molecule has 0 bridgehead atoms. The van der Waals surface area contributed by atoms with Crippen LogP contribution in [0.2, 0.25) is 0 Å². The predicted molar refractivity (Wildman–Crippen MR) is 132 cm³/mol. The van der Waals surface area contributed by atoms with Gasteiger partial charge in [0.05, 0.1) is 23.3 Å². The van der Waals surface area contributed by atoms with E-state index < -0.39 is 0 Å². The summed E-state index contributed by atoms with van der Waals surface area (Å²) >= 11 is 3.57. The standard InChI is InChI=1S/C20H31N5S2.HI/c1-20(2,3)18-24-15(14-27-18)12-22-19(21-4)23-13-16(17-8-7-11-26-17)25-9-5-6-10-25;/h7-8,11,14,16H,5-6,9-10,12-13H2,1-4H3,(H2,21,22,23);1H. The summed E-state index contributed by atoms with van der Waals surface area (Å²) in [5.41, 5.74) is 1.18. The highest BCUT2D eigenvalue weighted by atomic mass is 127. The zero-order chi connectivity index (χ0) is 19.3. The zero-order valence-electron chi connectivity index (χ0n) is 17.2. The molecule has 0 amide bonds. The van der Waals surface area contributed by atoms with Crippen molar-refractivity contribution in [1.29, 1.82) is 0 Å². The largest absolute Gasteiger partial charge is 0.354 e. The topological polar surface area (TPSA) is 52.6 Å². The third-order valence-corrected chi connectivity index (χ3v) is 7.06. The highest BCUT2D eigenvalue weighted by Gasteiger charge is 2.24. The van der Waals surface area contributed by atoms with Crippen LogP contribution in [0.5, 0.6) is 0 Å². The van der Waals surface area contributed by atoms with Crippen molar-refractivity contribution in [3.8, 4) is 0 Å². The third-order valence-electron chi connectivity index (χ3n) is 4.77. The maximum Gasteiger partial charge on any atom is 0.191 e. The Morgan fingerprint density at radius 3 is 2.57 bits per heavy atom. The highest BCUT2D eigenvalue weighted by Crippen LogP contribution is 2.28. The van der Waals surface area contributed by atoms with Gasteiger partial charge in [0.2, 0.25) is 0 Å². The van der Waals surface area contributed by atoms with Gasteiger partial charge in [0.1, 0.15) is 0 Å². The molecule has 0 spiro atoms. The second-order valence-electron chi connectivity index (χ2n) is 7.97. The number of hydrogen-bond donors (Lipinski definition) is 2. The fraction of sp³-hybridized carbons (Fsp3) is 0.600. The molecule has 3 rings (SSSR count). The normalized spacial score (nSPS) is 16.6. The molecule has 1 atom stereocenters. The van der Waals surface area contributed by atoms with Crippen molar-refractivity contribution in [2.24, 2.45) is 4.99 Å². The third kappa shape index (κ3) is 6.40. The molecule has 1 fully saturated rings. The molecule has 1 aliphatic heterocycles. The number of nitrogens with zero attached hydrogens (tertiary/aromatic N) is 3. The molecular weight excluding hydrogens is 501 g/mol. The van der Waals surface area contributed by atoms with Gasteiger partial charge in [-0.1, -0.05) is 26.8 Å². The van der Waals surface area contributed by atoms with E-state index in [1.54, 1.807) is 11.3 Å². The molecule has 0 aromatic carbocycles. The zero-order valence-corrected chi connectivity index (χ0v) is 21.2. The number of aliphatic imine (C=N–C) groups is 1. The lowest BCUT2D eigenvalue weighted by atomic mass is 9.98. The molecule has 8 heteroatoms. The van der Waals surface area contributed by atoms with E-state index in [0.29, 0.717) is 12.6 Å². The molecule has 2 aromatic heterocycles. The van der Waals surface area contributed by atoms with Gasteiger partial charge in [-0.2, -0.15) is 0 Å². The molecule has 2 N–H and O–H groups in total. The summed E-state index contributed by atoms with van der Waals surface area (Å²) in [6, 6.07) is 4.80. The molecule has 2 aromatic rings. The second-order valence-corrected chi connectivity index (χ2v) is 9.81. The molecule has 28 heavy (non-hydrogen) atoms. The maximum atomic E-state index is 4.75. The second kappa shape index (κ2) is 10.9. The highest BCUT2D eigenvalue weighted by molar-refractivity contribution is 14.0. The van der Waals surface area contributed by atoms with Gasteiger partial charge in [0.15, 0.2) is 5.96 Å². The maximum absolute atomic E-state index is 4.75. The van der Waals surface area contributed by atoms with E-state index in [1.165, 1.54) is 35.8 Å². The average molecular weight is 534 g/mol. The first kappa shape index (κ1) is 23.6. The minimum Gasteiger partial charge on any atom is -0.354 e. The van der Waals surface area contributed by atoms with Gasteiger partial charge in [0, 0.05) is 29.3 Å². The molecular formula is C20H32IN5S2. The smallest absolute Gasteiger partial charge is 0.191 e. The molecule has 1 unspecified atom stereocenters. The van der Waals surface area contributed by atoms with Crippen LogP contribution in [0.4, 0.5) is 0 Å². The Kier molecular flexibility index (Phi) is 9.17.